The number of hydrogen-bond donors (Lipinski definition) is 3. The van der Waals surface area contributed by atoms with Gasteiger partial charge in [0.05, 0.1) is 50.5 Å². The molecule has 344 valence electrons. The average molecular weight is 956 g/mol. The van der Waals surface area contributed by atoms with Crippen LogP contribution in [0.3, 0.4) is 0 Å². The van der Waals surface area contributed by atoms with E-state index in [4.69, 9.17) is 34.0 Å². The summed E-state index contributed by atoms with van der Waals surface area (Å²) in [6.07, 6.45) is 11.0. The van der Waals surface area contributed by atoms with Gasteiger partial charge in [0.25, 0.3) is 0 Å². The zero-order chi connectivity index (χ0) is 46.8. The van der Waals surface area contributed by atoms with Crippen LogP contribution >= 0.6 is 23.2 Å². The zero-order valence-electron chi connectivity index (χ0n) is 36.1. The fraction of sp³-hybridized carbons (Fsp3) is 0.476. The molecule has 2 aliphatic rings. The van der Waals surface area contributed by atoms with E-state index in [9.17, 15) is 26.4 Å². The zero-order valence-corrected chi connectivity index (χ0v) is 39.2. The molecule has 4 aromatic heterocycles. The summed E-state index contributed by atoms with van der Waals surface area (Å²) in [5.74, 6) is -2.20. The first-order valence-electron chi connectivity index (χ1n) is 20.1. The van der Waals surface area contributed by atoms with Crippen molar-refractivity contribution in [3.05, 3.63) is 80.9 Å². The molecule has 6 heterocycles. The Hall–Kier alpha value is -4.56. The van der Waals surface area contributed by atoms with E-state index in [0.29, 0.717) is 61.8 Å². The fourth-order valence-electron chi connectivity index (χ4n) is 6.94. The lowest BCUT2D eigenvalue weighted by Gasteiger charge is -2.33. The van der Waals surface area contributed by atoms with Gasteiger partial charge in [0.15, 0.2) is 23.3 Å². The molecule has 2 saturated heterocycles. The number of sulfone groups is 2. The number of carbonyl (C=O) groups excluding carboxylic acids is 1. The number of nitrogens with zero attached hydrogens (tertiary/aromatic N) is 6. The van der Waals surface area contributed by atoms with Crippen LogP contribution in [0.4, 0.5) is 20.4 Å². The first-order valence-corrected chi connectivity index (χ1v) is 25.0. The van der Waals surface area contributed by atoms with Crippen molar-refractivity contribution in [3.63, 3.8) is 0 Å². The number of amides is 1. The molecule has 2 aliphatic heterocycles. The van der Waals surface area contributed by atoms with Crippen LogP contribution in [0.5, 0.6) is 0 Å². The third-order valence-corrected chi connectivity index (χ3v) is 12.7. The Morgan fingerprint density at radius 2 is 1.11 bits per heavy atom. The van der Waals surface area contributed by atoms with Gasteiger partial charge in [-0.15, -0.1) is 0 Å². The summed E-state index contributed by atoms with van der Waals surface area (Å²) >= 11 is 12.5. The van der Waals surface area contributed by atoms with Crippen LogP contribution in [-0.4, -0.2) is 116 Å². The molecule has 6 rings (SSSR count). The van der Waals surface area contributed by atoms with Gasteiger partial charge >= 0.3 is 5.97 Å². The summed E-state index contributed by atoms with van der Waals surface area (Å²) in [6.45, 7) is 10.1. The number of rotatable bonds is 11. The molecule has 0 unspecified atom stereocenters. The number of nitrogens with one attached hydrogen (secondary N) is 1. The number of aryl methyl sites for hydroxylation is 4. The number of hydrogen-bond acceptors (Lipinski definition) is 13. The third kappa shape index (κ3) is 15.3. The maximum absolute atomic E-state index is 15.4. The monoisotopic (exact) mass is 954 g/mol. The third-order valence-electron chi connectivity index (χ3n) is 10.2. The molecule has 0 spiro atoms. The van der Waals surface area contributed by atoms with Crippen molar-refractivity contribution in [3.8, 4) is 22.5 Å². The number of piperidine rings is 2. The van der Waals surface area contributed by atoms with E-state index in [1.807, 2.05) is 49.6 Å². The molecule has 0 bridgehead atoms. The Balaban J connectivity index is 0.000000238. The molecule has 21 heteroatoms. The molecule has 0 radical (unpaired) electrons. The highest BCUT2D eigenvalue weighted by Gasteiger charge is 2.28. The van der Waals surface area contributed by atoms with Crippen LogP contribution in [0, 0.1) is 39.3 Å². The molecule has 0 saturated carbocycles. The Morgan fingerprint density at radius 3 is 1.48 bits per heavy atom. The lowest BCUT2D eigenvalue weighted by molar-refractivity contribution is -0.136. The lowest BCUT2D eigenvalue weighted by atomic mass is 10.0. The van der Waals surface area contributed by atoms with Crippen LogP contribution in [-0.2, 0) is 29.3 Å². The van der Waals surface area contributed by atoms with Gasteiger partial charge in [-0.3, -0.25) is 19.6 Å². The molecule has 0 aliphatic carbocycles. The van der Waals surface area contributed by atoms with Crippen molar-refractivity contribution in [2.45, 2.75) is 78.3 Å². The van der Waals surface area contributed by atoms with Gasteiger partial charge in [-0.2, -0.15) is 0 Å². The molecule has 4 N–H and O–H groups in total. The maximum Gasteiger partial charge on any atom is 0.304 e. The maximum atomic E-state index is 15.4. The van der Waals surface area contributed by atoms with Gasteiger partial charge in [-0.05, 0) is 75.6 Å². The Morgan fingerprint density at radius 1 is 0.714 bits per heavy atom. The standard InChI is InChI=1S/C21H26ClFN4O3S.C17H20ClFN4.C4H8O4S/c1-13-10-14(2)20(24-11-13)18-16(22)12-25-21(19(18)23)27-7-4-15(5-8-27)26-17(28)6-9-31(3,29)30;1-10-7-11(2)16(21-8-10)14-13(18)9-22-17(15(14)19)23-5-3-12(20)4-6-23;1-9(7,8)3-2-4(5)6/h10-12,15H,4-9H2,1-3H3,(H,26,28);7-9,12H,3-6,20H2,1-2H3;2-3H2,1H3,(H,5,6). The van der Waals surface area contributed by atoms with Gasteiger partial charge < -0.3 is 26.0 Å². The minimum absolute atomic E-state index is 0.0569. The predicted octanol–water partition coefficient (Wildman–Crippen LogP) is 6.06. The topological polar surface area (TPSA) is 219 Å². The van der Waals surface area contributed by atoms with Gasteiger partial charge in [0.2, 0.25) is 5.91 Å². The minimum atomic E-state index is -3.18. The van der Waals surface area contributed by atoms with Crippen molar-refractivity contribution in [1.29, 1.82) is 0 Å². The van der Waals surface area contributed by atoms with Gasteiger partial charge in [-0.25, -0.2) is 35.6 Å². The Kier molecular flexibility index (Phi) is 18.1. The summed E-state index contributed by atoms with van der Waals surface area (Å²) in [4.78, 5) is 42.7. The van der Waals surface area contributed by atoms with Crippen molar-refractivity contribution >= 4 is 66.4 Å². The molecular weight excluding hydrogens is 902 g/mol. The first kappa shape index (κ1) is 51.1. The highest BCUT2D eigenvalue weighted by atomic mass is 35.5. The largest absolute Gasteiger partial charge is 0.481 e. The summed E-state index contributed by atoms with van der Waals surface area (Å²) in [6, 6.07) is 4.00. The van der Waals surface area contributed by atoms with Gasteiger partial charge in [-0.1, -0.05) is 35.3 Å². The van der Waals surface area contributed by atoms with E-state index >= 15 is 8.78 Å². The number of halogens is 4. The molecule has 15 nitrogen and oxygen atoms in total. The Bertz CT molecular complexity index is 2500. The predicted molar refractivity (Wildman–Crippen MR) is 243 cm³/mol. The van der Waals surface area contributed by atoms with Crippen LogP contribution in [0.25, 0.3) is 22.5 Å². The SMILES string of the molecule is CS(=O)(=O)CCC(=O)O.Cc1cnc(-c2c(Cl)cnc(N3CCC(N)CC3)c2F)c(C)c1.Cc1cnc(-c2c(Cl)cnc(N3CCC(NC(=O)CCS(C)(=O)=O)CC3)c2F)c(C)c1. The number of carbonyl (C=O) groups is 2. The minimum Gasteiger partial charge on any atom is -0.481 e. The van der Waals surface area contributed by atoms with Gasteiger partial charge in [0, 0.05) is 82.0 Å². The van der Waals surface area contributed by atoms with Crippen LogP contribution in [0.2, 0.25) is 10.0 Å². The molecule has 4 aromatic rings. The van der Waals surface area contributed by atoms with E-state index in [0.717, 1.165) is 47.6 Å². The quantitative estimate of drug-likeness (QED) is 0.156. The van der Waals surface area contributed by atoms with Crippen LogP contribution < -0.4 is 20.9 Å². The average Bonchev–Trinajstić information content (AvgIpc) is 3.19. The van der Waals surface area contributed by atoms with Crippen LogP contribution in [0.1, 0.15) is 60.8 Å². The number of aromatic nitrogens is 4. The molecule has 2 fully saturated rings. The van der Waals surface area contributed by atoms with Crippen molar-refractivity contribution < 1.29 is 40.3 Å². The Labute approximate surface area is 377 Å². The molecule has 0 atom stereocenters. The van der Waals surface area contributed by atoms with Crippen molar-refractivity contribution in [2.24, 2.45) is 5.73 Å². The van der Waals surface area contributed by atoms with Crippen molar-refractivity contribution in [1.82, 2.24) is 25.3 Å². The molecule has 1 amide bonds. The number of carboxylic acid groups (broad SMARTS) is 1. The highest BCUT2D eigenvalue weighted by Crippen LogP contribution is 2.37. The summed E-state index contributed by atoms with van der Waals surface area (Å²) < 4.78 is 73.5. The number of pyridine rings is 4. The number of anilines is 2. The fourth-order valence-corrected chi connectivity index (χ4v) is 8.48. The number of carboxylic acids is 1. The first-order chi connectivity index (χ1) is 29.4. The molecule has 0 aromatic carbocycles. The van der Waals surface area contributed by atoms with E-state index in [1.165, 1.54) is 12.4 Å². The van der Waals surface area contributed by atoms with E-state index in [1.54, 1.807) is 12.4 Å². The van der Waals surface area contributed by atoms with E-state index < -0.39 is 37.3 Å². The normalized spacial score (nSPS) is 14.9. The lowest BCUT2D eigenvalue weighted by Crippen LogP contribution is -2.45. The second-order valence-electron chi connectivity index (χ2n) is 15.9. The van der Waals surface area contributed by atoms with Crippen LogP contribution in [0.15, 0.2) is 36.9 Å². The second-order valence-corrected chi connectivity index (χ2v) is 21.2. The van der Waals surface area contributed by atoms with E-state index in [-0.39, 0.29) is 63.8 Å². The summed E-state index contributed by atoms with van der Waals surface area (Å²) in [7, 11) is -6.28. The van der Waals surface area contributed by atoms with Gasteiger partial charge in [0.1, 0.15) is 19.7 Å². The van der Waals surface area contributed by atoms with E-state index in [2.05, 4.69) is 25.3 Å². The van der Waals surface area contributed by atoms with Crippen molar-refractivity contribution in [2.75, 3.05) is 60.0 Å². The molecule has 63 heavy (non-hydrogen) atoms. The highest BCUT2D eigenvalue weighted by molar-refractivity contribution is 7.90. The number of nitrogens with two attached hydrogens (primary N) is 1. The summed E-state index contributed by atoms with van der Waals surface area (Å²) in [5.41, 5.74) is 11.3. The molecular formula is C42H54Cl2F2N8O7S2. The smallest absolute Gasteiger partial charge is 0.304 e. The summed E-state index contributed by atoms with van der Waals surface area (Å²) in [5, 5.41) is 11.4. The second kappa shape index (κ2) is 22.4. The number of aliphatic carboxylic acids is 1.